The van der Waals surface area contributed by atoms with Gasteiger partial charge in [-0.1, -0.05) is 30.3 Å². The largest absolute Gasteiger partial charge is 0.388 e. The number of aliphatic hydroxyl groups is 2. The van der Waals surface area contributed by atoms with Gasteiger partial charge in [-0.05, 0) is 18.5 Å². The second-order valence-electron chi connectivity index (χ2n) is 3.76. The molecular formula is C11H15NO2. The highest BCUT2D eigenvalue weighted by atomic mass is 16.3. The van der Waals surface area contributed by atoms with Crippen LogP contribution in [0.3, 0.4) is 0 Å². The maximum atomic E-state index is 10.3. The molecular weight excluding hydrogens is 178 g/mol. The fourth-order valence-corrected chi connectivity index (χ4v) is 1.92. The van der Waals surface area contributed by atoms with E-state index in [9.17, 15) is 10.2 Å². The van der Waals surface area contributed by atoms with Gasteiger partial charge in [-0.2, -0.15) is 0 Å². The molecule has 0 aliphatic carbocycles. The molecule has 76 valence electrons. The van der Waals surface area contributed by atoms with Gasteiger partial charge in [0.25, 0.3) is 0 Å². The summed E-state index contributed by atoms with van der Waals surface area (Å²) in [5.41, 5.74) is -0.277. The standard InChI is InChI=1S/C11H15NO2/c13-10-8-12-7-6-11(10,14)9-4-2-1-3-5-9/h1-5,10,12-14H,6-8H2/t10-,11+/m0/s1. The van der Waals surface area contributed by atoms with E-state index in [0.29, 0.717) is 13.0 Å². The molecule has 0 unspecified atom stereocenters. The molecule has 1 saturated heterocycles. The summed E-state index contributed by atoms with van der Waals surface area (Å²) in [7, 11) is 0. The van der Waals surface area contributed by atoms with Crippen molar-refractivity contribution in [2.45, 2.75) is 18.1 Å². The Morgan fingerprint density at radius 3 is 2.64 bits per heavy atom. The van der Waals surface area contributed by atoms with Gasteiger partial charge in [0.1, 0.15) is 5.60 Å². The number of benzene rings is 1. The smallest absolute Gasteiger partial charge is 0.118 e. The minimum absolute atomic E-state index is 0.450. The molecule has 2 atom stereocenters. The number of hydrogen-bond acceptors (Lipinski definition) is 3. The van der Waals surface area contributed by atoms with Gasteiger partial charge in [-0.3, -0.25) is 0 Å². The zero-order chi connectivity index (χ0) is 10.0. The van der Waals surface area contributed by atoms with Crippen LogP contribution in [0.4, 0.5) is 0 Å². The lowest BCUT2D eigenvalue weighted by Gasteiger charge is -2.37. The summed E-state index contributed by atoms with van der Waals surface area (Å²) in [5.74, 6) is 0. The first-order chi connectivity index (χ1) is 6.73. The van der Waals surface area contributed by atoms with E-state index in [2.05, 4.69) is 5.32 Å². The summed E-state index contributed by atoms with van der Waals surface area (Å²) in [5, 5.41) is 23.1. The summed E-state index contributed by atoms with van der Waals surface area (Å²) < 4.78 is 0. The fourth-order valence-electron chi connectivity index (χ4n) is 1.92. The molecule has 1 fully saturated rings. The molecule has 0 saturated carbocycles. The monoisotopic (exact) mass is 193 g/mol. The minimum Gasteiger partial charge on any atom is -0.388 e. The minimum atomic E-state index is -1.08. The van der Waals surface area contributed by atoms with Crippen molar-refractivity contribution < 1.29 is 10.2 Å². The third-order valence-corrected chi connectivity index (χ3v) is 2.85. The lowest BCUT2D eigenvalue weighted by Crippen LogP contribution is -2.51. The Morgan fingerprint density at radius 1 is 1.29 bits per heavy atom. The van der Waals surface area contributed by atoms with E-state index in [-0.39, 0.29) is 0 Å². The van der Waals surface area contributed by atoms with Crippen LogP contribution in [0.2, 0.25) is 0 Å². The van der Waals surface area contributed by atoms with Crippen molar-refractivity contribution in [3.05, 3.63) is 35.9 Å². The van der Waals surface area contributed by atoms with Gasteiger partial charge in [-0.15, -0.1) is 0 Å². The molecule has 1 aromatic rings. The maximum Gasteiger partial charge on any atom is 0.118 e. The highest BCUT2D eigenvalue weighted by Gasteiger charge is 2.39. The number of aliphatic hydroxyl groups excluding tert-OH is 1. The molecule has 1 heterocycles. The first kappa shape index (κ1) is 9.65. The van der Waals surface area contributed by atoms with E-state index in [4.69, 9.17) is 0 Å². The Balaban J connectivity index is 2.30. The van der Waals surface area contributed by atoms with E-state index in [0.717, 1.165) is 12.1 Å². The quantitative estimate of drug-likeness (QED) is 0.598. The zero-order valence-electron chi connectivity index (χ0n) is 7.98. The second-order valence-corrected chi connectivity index (χ2v) is 3.76. The predicted molar refractivity (Wildman–Crippen MR) is 53.8 cm³/mol. The van der Waals surface area contributed by atoms with Gasteiger partial charge in [0.2, 0.25) is 0 Å². The lowest BCUT2D eigenvalue weighted by atomic mass is 9.83. The molecule has 0 amide bonds. The van der Waals surface area contributed by atoms with E-state index in [1.165, 1.54) is 0 Å². The number of piperidine rings is 1. The van der Waals surface area contributed by atoms with Crippen LogP contribution < -0.4 is 5.32 Å². The summed E-state index contributed by atoms with van der Waals surface area (Å²) in [6.45, 7) is 1.19. The van der Waals surface area contributed by atoms with Crippen LogP contribution in [-0.4, -0.2) is 29.4 Å². The maximum absolute atomic E-state index is 10.3. The molecule has 1 aliphatic heterocycles. The van der Waals surface area contributed by atoms with Crippen molar-refractivity contribution >= 4 is 0 Å². The third kappa shape index (κ3) is 1.54. The Hall–Kier alpha value is -0.900. The van der Waals surface area contributed by atoms with Crippen LogP contribution in [-0.2, 0) is 5.60 Å². The molecule has 1 aromatic carbocycles. The van der Waals surface area contributed by atoms with Gasteiger partial charge in [0, 0.05) is 6.54 Å². The van der Waals surface area contributed by atoms with Gasteiger partial charge < -0.3 is 15.5 Å². The third-order valence-electron chi connectivity index (χ3n) is 2.85. The number of rotatable bonds is 1. The van der Waals surface area contributed by atoms with E-state index < -0.39 is 11.7 Å². The van der Waals surface area contributed by atoms with Crippen LogP contribution in [0.5, 0.6) is 0 Å². The molecule has 3 nitrogen and oxygen atoms in total. The first-order valence-electron chi connectivity index (χ1n) is 4.90. The summed E-state index contributed by atoms with van der Waals surface area (Å²) >= 11 is 0. The summed E-state index contributed by atoms with van der Waals surface area (Å²) in [6.07, 6.45) is -0.170. The van der Waals surface area contributed by atoms with Crippen molar-refractivity contribution in [2.75, 3.05) is 13.1 Å². The van der Waals surface area contributed by atoms with Gasteiger partial charge in [-0.25, -0.2) is 0 Å². The average Bonchev–Trinajstić information content (AvgIpc) is 2.24. The highest BCUT2D eigenvalue weighted by molar-refractivity contribution is 5.24. The molecule has 3 heteroatoms. The molecule has 0 aromatic heterocycles. The van der Waals surface area contributed by atoms with E-state index in [1.54, 1.807) is 0 Å². The van der Waals surface area contributed by atoms with Crippen LogP contribution in [0.1, 0.15) is 12.0 Å². The van der Waals surface area contributed by atoms with Gasteiger partial charge in [0.05, 0.1) is 6.10 Å². The Bertz CT molecular complexity index is 301. The molecule has 14 heavy (non-hydrogen) atoms. The van der Waals surface area contributed by atoms with Crippen LogP contribution in [0.25, 0.3) is 0 Å². The van der Waals surface area contributed by atoms with Crippen LogP contribution in [0, 0.1) is 0 Å². The van der Waals surface area contributed by atoms with Crippen LogP contribution >= 0.6 is 0 Å². The molecule has 0 radical (unpaired) electrons. The van der Waals surface area contributed by atoms with E-state index >= 15 is 0 Å². The molecule has 2 rings (SSSR count). The van der Waals surface area contributed by atoms with Crippen molar-refractivity contribution in [1.82, 2.24) is 5.32 Å². The number of hydrogen-bond donors (Lipinski definition) is 3. The van der Waals surface area contributed by atoms with Crippen molar-refractivity contribution in [3.63, 3.8) is 0 Å². The summed E-state index contributed by atoms with van der Waals surface area (Å²) in [6, 6.07) is 9.37. The lowest BCUT2D eigenvalue weighted by molar-refractivity contribution is -0.0976. The fraction of sp³-hybridized carbons (Fsp3) is 0.455. The Morgan fingerprint density at radius 2 is 2.00 bits per heavy atom. The van der Waals surface area contributed by atoms with E-state index in [1.807, 2.05) is 30.3 Å². The van der Waals surface area contributed by atoms with Gasteiger partial charge in [0.15, 0.2) is 0 Å². The van der Waals surface area contributed by atoms with Gasteiger partial charge >= 0.3 is 0 Å². The molecule has 0 spiro atoms. The number of nitrogens with one attached hydrogen (secondary N) is 1. The summed E-state index contributed by atoms with van der Waals surface area (Å²) in [4.78, 5) is 0. The molecule has 1 aliphatic rings. The Kier molecular flexibility index (Phi) is 2.54. The zero-order valence-corrected chi connectivity index (χ0v) is 7.98. The average molecular weight is 193 g/mol. The number of β-amino-alcohol motifs (C(OH)–C–C–N with tert-alkyl or cyclic N) is 1. The molecule has 0 bridgehead atoms. The highest BCUT2D eigenvalue weighted by Crippen LogP contribution is 2.30. The second kappa shape index (κ2) is 3.69. The predicted octanol–water partition coefficient (Wildman–Crippen LogP) is 0.228. The van der Waals surface area contributed by atoms with Crippen molar-refractivity contribution in [2.24, 2.45) is 0 Å². The topological polar surface area (TPSA) is 52.5 Å². The SMILES string of the molecule is O[C@H]1CNCC[C@@]1(O)c1ccccc1. The van der Waals surface area contributed by atoms with Crippen molar-refractivity contribution in [3.8, 4) is 0 Å². The normalized spacial score (nSPS) is 32.9. The van der Waals surface area contributed by atoms with Crippen molar-refractivity contribution in [1.29, 1.82) is 0 Å². The van der Waals surface area contributed by atoms with Crippen LogP contribution in [0.15, 0.2) is 30.3 Å². The first-order valence-corrected chi connectivity index (χ1v) is 4.90. The Labute approximate surface area is 83.4 Å². The molecule has 3 N–H and O–H groups in total.